The number of Topliss-reactive ketones (excluding diaryl/α,β-unsaturated/α-hetero) is 1. The number of nitrogens with zero attached hydrogens (tertiary/aromatic N) is 1. The normalized spacial score (nSPS) is 25.7. The number of benzene rings is 1. The maximum absolute atomic E-state index is 12.6. The first-order valence-corrected chi connectivity index (χ1v) is 7.34. The summed E-state index contributed by atoms with van der Waals surface area (Å²) in [6.45, 7) is 3.90. The van der Waals surface area contributed by atoms with Crippen LogP contribution < -0.4 is 10.6 Å². The molecule has 0 aromatic heterocycles. The number of hydrogen-bond donors (Lipinski definition) is 2. The molecule has 1 heterocycles. The first-order valence-electron chi connectivity index (χ1n) is 7.34. The fourth-order valence-corrected chi connectivity index (χ4v) is 3.24. The number of rotatable bonds is 2. The van der Waals surface area contributed by atoms with Crippen molar-refractivity contribution >= 4 is 17.5 Å². The quantitative estimate of drug-likeness (QED) is 0.646. The minimum atomic E-state index is -0.514. The molecule has 1 saturated heterocycles. The highest BCUT2D eigenvalue weighted by molar-refractivity contribution is 5.91. The number of carbonyl (C=O) groups is 2. The van der Waals surface area contributed by atoms with Gasteiger partial charge in [0, 0.05) is 24.3 Å². The number of nitrogens with one attached hydrogen (secondary N) is 2. The van der Waals surface area contributed by atoms with Crippen LogP contribution >= 0.6 is 0 Å². The molecule has 1 aromatic carbocycles. The third-order valence-electron chi connectivity index (χ3n) is 4.20. The molecule has 0 bridgehead atoms. The number of carbonyl (C=O) groups excluding carboxylic acids is 2. The third kappa shape index (κ3) is 2.81. The molecule has 3 rings (SSSR count). The van der Waals surface area contributed by atoms with E-state index in [9.17, 15) is 19.7 Å². The van der Waals surface area contributed by atoms with Gasteiger partial charge in [-0.2, -0.15) is 0 Å². The Morgan fingerprint density at radius 1 is 1.22 bits per heavy atom. The maximum Gasteiger partial charge on any atom is 0.319 e. The highest BCUT2D eigenvalue weighted by atomic mass is 16.6. The fraction of sp³-hybridized carbons (Fsp3) is 0.375. The predicted molar refractivity (Wildman–Crippen MR) is 82.5 cm³/mol. The van der Waals surface area contributed by atoms with Gasteiger partial charge in [-0.25, -0.2) is 4.79 Å². The summed E-state index contributed by atoms with van der Waals surface area (Å²) in [6.07, 6.45) is 2.32. The summed E-state index contributed by atoms with van der Waals surface area (Å²) in [5.41, 5.74) is 0.960. The van der Waals surface area contributed by atoms with E-state index in [1.165, 1.54) is 12.1 Å². The minimum absolute atomic E-state index is 0.0270. The molecule has 2 aliphatic rings. The number of fused-ring (bicyclic) bond motifs is 1. The van der Waals surface area contributed by atoms with Crippen LogP contribution in [0.4, 0.5) is 10.5 Å². The molecule has 0 spiro atoms. The van der Waals surface area contributed by atoms with Crippen LogP contribution in [0.5, 0.6) is 0 Å². The molecule has 1 aliphatic heterocycles. The zero-order valence-electron chi connectivity index (χ0n) is 12.8. The molecule has 2 amide bonds. The van der Waals surface area contributed by atoms with Gasteiger partial charge in [-0.05, 0) is 11.0 Å². The molecular formula is C16H17N3O4. The Bertz CT molecular complexity index is 721. The van der Waals surface area contributed by atoms with Crippen LogP contribution in [-0.4, -0.2) is 16.7 Å². The maximum atomic E-state index is 12.6. The van der Waals surface area contributed by atoms with Crippen molar-refractivity contribution in [3.8, 4) is 0 Å². The van der Waals surface area contributed by atoms with Crippen LogP contribution in [0.15, 0.2) is 36.0 Å². The second-order valence-corrected chi connectivity index (χ2v) is 6.63. The summed E-state index contributed by atoms with van der Waals surface area (Å²) in [7, 11) is 0. The standard InChI is InChI=1S/C16H17N3O4/c1-16(2)7-11-13(12(20)8-16)14(18-15(21)17-11)9-3-5-10(6-4-9)19(22)23/h3-7,13-14H,8H2,1-2H3,(H2,17,18,21)/t13-,14-/m0/s1. The van der Waals surface area contributed by atoms with Gasteiger partial charge in [0.05, 0.1) is 16.9 Å². The lowest BCUT2D eigenvalue weighted by atomic mass is 9.72. The summed E-state index contributed by atoms with van der Waals surface area (Å²) < 4.78 is 0. The molecule has 23 heavy (non-hydrogen) atoms. The van der Waals surface area contributed by atoms with Gasteiger partial charge in [0.15, 0.2) is 0 Å². The Hall–Kier alpha value is -2.70. The van der Waals surface area contributed by atoms with Gasteiger partial charge in [-0.15, -0.1) is 0 Å². The Morgan fingerprint density at radius 2 is 1.87 bits per heavy atom. The lowest BCUT2D eigenvalue weighted by Gasteiger charge is -2.40. The summed E-state index contributed by atoms with van der Waals surface area (Å²) in [4.78, 5) is 34.8. The van der Waals surface area contributed by atoms with E-state index in [1.807, 2.05) is 19.9 Å². The number of ketones is 1. The van der Waals surface area contributed by atoms with Crippen molar-refractivity contribution in [3.05, 3.63) is 51.7 Å². The Balaban J connectivity index is 1.99. The molecule has 1 aromatic rings. The highest BCUT2D eigenvalue weighted by Crippen LogP contribution is 2.40. The topological polar surface area (TPSA) is 101 Å². The number of allylic oxidation sites excluding steroid dienone is 1. The number of urea groups is 1. The van der Waals surface area contributed by atoms with Gasteiger partial charge in [0.1, 0.15) is 5.78 Å². The van der Waals surface area contributed by atoms with Crippen LogP contribution in [0.25, 0.3) is 0 Å². The average molecular weight is 315 g/mol. The van der Waals surface area contributed by atoms with E-state index in [2.05, 4.69) is 10.6 Å². The van der Waals surface area contributed by atoms with E-state index in [1.54, 1.807) is 12.1 Å². The number of non-ortho nitro benzene ring substituents is 1. The van der Waals surface area contributed by atoms with E-state index in [0.717, 1.165) is 0 Å². The predicted octanol–water partition coefficient (Wildman–Crippen LogP) is 2.45. The number of hydrogen-bond acceptors (Lipinski definition) is 4. The first kappa shape index (κ1) is 15.2. The molecule has 1 aliphatic carbocycles. The van der Waals surface area contributed by atoms with Gasteiger partial charge < -0.3 is 10.6 Å². The molecular weight excluding hydrogens is 298 g/mol. The summed E-state index contributed by atoms with van der Waals surface area (Å²) in [5.74, 6) is -0.439. The Labute approximate surface area is 132 Å². The zero-order valence-corrected chi connectivity index (χ0v) is 12.8. The smallest absolute Gasteiger partial charge is 0.319 e. The van der Waals surface area contributed by atoms with Crippen molar-refractivity contribution in [2.75, 3.05) is 0 Å². The molecule has 2 atom stereocenters. The molecule has 7 heteroatoms. The second kappa shape index (κ2) is 5.19. The zero-order chi connectivity index (χ0) is 16.8. The van der Waals surface area contributed by atoms with E-state index in [0.29, 0.717) is 17.7 Å². The second-order valence-electron chi connectivity index (χ2n) is 6.63. The largest absolute Gasteiger partial charge is 0.330 e. The fourth-order valence-electron chi connectivity index (χ4n) is 3.24. The van der Waals surface area contributed by atoms with Crippen molar-refractivity contribution in [2.45, 2.75) is 26.3 Å². The first-order chi connectivity index (χ1) is 10.8. The molecule has 1 fully saturated rings. The van der Waals surface area contributed by atoms with Crippen LogP contribution in [0.1, 0.15) is 31.9 Å². The van der Waals surface area contributed by atoms with Gasteiger partial charge >= 0.3 is 6.03 Å². The van der Waals surface area contributed by atoms with Crippen molar-refractivity contribution < 1.29 is 14.5 Å². The molecule has 0 unspecified atom stereocenters. The van der Waals surface area contributed by atoms with Crippen LogP contribution in [-0.2, 0) is 4.79 Å². The molecule has 2 N–H and O–H groups in total. The van der Waals surface area contributed by atoms with Crippen molar-refractivity contribution in [1.29, 1.82) is 0 Å². The lowest BCUT2D eigenvalue weighted by Crippen LogP contribution is -2.53. The highest BCUT2D eigenvalue weighted by Gasteiger charge is 2.43. The average Bonchev–Trinajstić information content (AvgIpc) is 2.44. The van der Waals surface area contributed by atoms with E-state index in [-0.39, 0.29) is 22.9 Å². The van der Waals surface area contributed by atoms with E-state index >= 15 is 0 Å². The summed E-state index contributed by atoms with van der Waals surface area (Å²) >= 11 is 0. The Morgan fingerprint density at radius 3 is 2.48 bits per heavy atom. The van der Waals surface area contributed by atoms with Crippen molar-refractivity contribution in [2.24, 2.45) is 11.3 Å². The van der Waals surface area contributed by atoms with Gasteiger partial charge in [0.25, 0.3) is 5.69 Å². The van der Waals surface area contributed by atoms with Gasteiger partial charge in [-0.1, -0.05) is 32.1 Å². The number of nitro benzene ring substituents is 1. The van der Waals surface area contributed by atoms with E-state index in [4.69, 9.17) is 0 Å². The van der Waals surface area contributed by atoms with E-state index < -0.39 is 16.9 Å². The van der Waals surface area contributed by atoms with Gasteiger partial charge in [0.2, 0.25) is 0 Å². The third-order valence-corrected chi connectivity index (χ3v) is 4.20. The van der Waals surface area contributed by atoms with Crippen molar-refractivity contribution in [1.82, 2.24) is 10.6 Å². The molecule has 0 radical (unpaired) electrons. The number of nitro groups is 1. The lowest BCUT2D eigenvalue weighted by molar-refractivity contribution is -0.384. The molecule has 7 nitrogen and oxygen atoms in total. The van der Waals surface area contributed by atoms with Gasteiger partial charge in [-0.3, -0.25) is 14.9 Å². The molecule has 0 saturated carbocycles. The van der Waals surface area contributed by atoms with Crippen LogP contribution in [0, 0.1) is 21.4 Å². The monoisotopic (exact) mass is 315 g/mol. The summed E-state index contributed by atoms with van der Waals surface area (Å²) in [6, 6.07) is 5.03. The van der Waals surface area contributed by atoms with Crippen LogP contribution in [0.3, 0.4) is 0 Å². The number of amides is 2. The minimum Gasteiger partial charge on any atom is -0.330 e. The summed E-state index contributed by atoms with van der Waals surface area (Å²) in [5, 5.41) is 16.2. The Kier molecular flexibility index (Phi) is 3.43. The van der Waals surface area contributed by atoms with Crippen LogP contribution in [0.2, 0.25) is 0 Å². The molecule has 120 valence electrons. The SMILES string of the molecule is CC1(C)C=C2NC(=O)N[C@@H](c3ccc([N+](=O)[O-])cc3)[C@@H]2C(=O)C1. The van der Waals surface area contributed by atoms with Crippen molar-refractivity contribution in [3.63, 3.8) is 0 Å².